The van der Waals surface area contributed by atoms with Gasteiger partial charge in [-0.1, -0.05) is 30.7 Å². The smallest absolute Gasteiger partial charge is 0.338 e. The molecule has 2 aromatic rings. The average molecular weight is 516 g/mol. The third-order valence-electron chi connectivity index (χ3n) is 5.50. The van der Waals surface area contributed by atoms with Gasteiger partial charge in [-0.05, 0) is 55.3 Å². The van der Waals surface area contributed by atoms with Crippen LogP contribution in [0.5, 0.6) is 5.75 Å². The molecule has 2 N–H and O–H groups in total. The molecule has 0 radical (unpaired) electrons. The van der Waals surface area contributed by atoms with E-state index in [2.05, 4.69) is 10.6 Å². The van der Waals surface area contributed by atoms with Crippen molar-refractivity contribution in [2.24, 2.45) is 0 Å². The van der Waals surface area contributed by atoms with Crippen LogP contribution in [0.25, 0.3) is 0 Å². The Morgan fingerprint density at radius 1 is 1.08 bits per heavy atom. The van der Waals surface area contributed by atoms with Gasteiger partial charge in [-0.2, -0.15) is 0 Å². The summed E-state index contributed by atoms with van der Waals surface area (Å²) in [6.45, 7) is 4.37. The van der Waals surface area contributed by atoms with Gasteiger partial charge >= 0.3 is 12.0 Å². The molecule has 0 bridgehead atoms. The van der Waals surface area contributed by atoms with Gasteiger partial charge in [0.15, 0.2) is 6.61 Å². The van der Waals surface area contributed by atoms with Crippen LogP contribution in [0.1, 0.15) is 31.9 Å². The zero-order chi connectivity index (χ0) is 26.1. The highest BCUT2D eigenvalue weighted by molar-refractivity contribution is 6.30. The van der Waals surface area contributed by atoms with Crippen molar-refractivity contribution in [2.45, 2.75) is 26.3 Å². The first-order valence-corrected chi connectivity index (χ1v) is 11.9. The predicted molar refractivity (Wildman–Crippen MR) is 136 cm³/mol. The number of anilines is 1. The number of halogens is 1. The molecule has 10 heteroatoms. The van der Waals surface area contributed by atoms with Crippen LogP contribution in [0, 0.1) is 0 Å². The zero-order valence-electron chi connectivity index (χ0n) is 20.5. The standard InChI is InChI=1S/C26H30ClN3O6/c1-4-13-30-17(2)23(25(32)35-15-14-34-3)24(29-26(30)33)18-5-9-20(10-6-18)28-22(31)16-36-21-11-7-19(27)8-12-21/h5-12,24H,4,13-16H2,1-3H3,(H,28,31)(H,29,33). The van der Waals surface area contributed by atoms with Crippen LogP contribution < -0.4 is 15.4 Å². The summed E-state index contributed by atoms with van der Waals surface area (Å²) in [5.74, 6) is -0.327. The first-order chi connectivity index (χ1) is 17.3. The Morgan fingerprint density at radius 3 is 2.42 bits per heavy atom. The molecular weight excluding hydrogens is 486 g/mol. The summed E-state index contributed by atoms with van der Waals surface area (Å²) in [5, 5.41) is 6.24. The Balaban J connectivity index is 1.72. The fraction of sp³-hybridized carbons (Fsp3) is 0.346. The first-order valence-electron chi connectivity index (χ1n) is 11.6. The van der Waals surface area contributed by atoms with Gasteiger partial charge in [0.2, 0.25) is 0 Å². The van der Waals surface area contributed by atoms with Crippen molar-refractivity contribution in [1.29, 1.82) is 0 Å². The summed E-state index contributed by atoms with van der Waals surface area (Å²) in [6.07, 6.45) is 0.734. The van der Waals surface area contributed by atoms with Crippen LogP contribution in [-0.4, -0.2) is 56.3 Å². The van der Waals surface area contributed by atoms with Gasteiger partial charge in [0, 0.05) is 30.1 Å². The van der Waals surface area contributed by atoms with Crippen LogP contribution in [0.15, 0.2) is 59.8 Å². The van der Waals surface area contributed by atoms with E-state index < -0.39 is 12.0 Å². The molecule has 3 amide bonds. The molecule has 0 spiro atoms. The van der Waals surface area contributed by atoms with Crippen molar-refractivity contribution < 1.29 is 28.6 Å². The van der Waals surface area contributed by atoms with Gasteiger partial charge in [0.25, 0.3) is 5.91 Å². The molecule has 0 fully saturated rings. The lowest BCUT2D eigenvalue weighted by Gasteiger charge is -2.35. The maximum Gasteiger partial charge on any atom is 0.338 e. The Hall–Kier alpha value is -3.56. The molecular formula is C26H30ClN3O6. The number of nitrogens with zero attached hydrogens (tertiary/aromatic N) is 1. The molecule has 0 saturated heterocycles. The molecule has 1 aliphatic heterocycles. The van der Waals surface area contributed by atoms with E-state index in [1.165, 1.54) is 7.11 Å². The van der Waals surface area contributed by atoms with Gasteiger partial charge < -0.3 is 24.8 Å². The van der Waals surface area contributed by atoms with E-state index >= 15 is 0 Å². The second kappa shape index (κ2) is 12.9. The Morgan fingerprint density at radius 2 is 1.78 bits per heavy atom. The highest BCUT2D eigenvalue weighted by Gasteiger charge is 2.36. The van der Waals surface area contributed by atoms with E-state index in [1.54, 1.807) is 60.4 Å². The lowest BCUT2D eigenvalue weighted by Crippen LogP contribution is -2.48. The third-order valence-corrected chi connectivity index (χ3v) is 5.75. The number of amides is 3. The van der Waals surface area contributed by atoms with Crippen molar-refractivity contribution in [3.8, 4) is 5.75 Å². The SMILES string of the molecule is CCCN1C(=O)NC(c2ccc(NC(=O)COc3ccc(Cl)cc3)cc2)C(C(=O)OCCOC)=C1C. The number of urea groups is 1. The monoisotopic (exact) mass is 515 g/mol. The summed E-state index contributed by atoms with van der Waals surface area (Å²) < 4.78 is 15.8. The number of rotatable bonds is 11. The molecule has 0 saturated carbocycles. The van der Waals surface area contributed by atoms with Crippen LogP contribution in [0.4, 0.5) is 10.5 Å². The van der Waals surface area contributed by atoms with E-state index in [0.29, 0.717) is 39.8 Å². The van der Waals surface area contributed by atoms with E-state index in [1.807, 2.05) is 6.92 Å². The van der Waals surface area contributed by atoms with Crippen molar-refractivity contribution in [3.05, 3.63) is 70.4 Å². The minimum Gasteiger partial charge on any atom is -0.484 e. The highest BCUT2D eigenvalue weighted by Crippen LogP contribution is 2.32. The van der Waals surface area contributed by atoms with E-state index in [4.69, 9.17) is 25.8 Å². The van der Waals surface area contributed by atoms with Crippen molar-refractivity contribution in [1.82, 2.24) is 10.2 Å². The number of methoxy groups -OCH3 is 1. The van der Waals surface area contributed by atoms with Crippen molar-refractivity contribution in [3.63, 3.8) is 0 Å². The van der Waals surface area contributed by atoms with Crippen molar-refractivity contribution >= 4 is 35.2 Å². The lowest BCUT2D eigenvalue weighted by atomic mass is 9.94. The lowest BCUT2D eigenvalue weighted by molar-refractivity contribution is -0.141. The summed E-state index contributed by atoms with van der Waals surface area (Å²) in [6, 6.07) is 12.6. The molecule has 1 atom stereocenters. The van der Waals surface area contributed by atoms with Gasteiger partial charge in [-0.15, -0.1) is 0 Å². The Bertz CT molecular complexity index is 1100. The summed E-state index contributed by atoms with van der Waals surface area (Å²) in [5.41, 5.74) is 2.12. The van der Waals surface area contributed by atoms with Crippen LogP contribution in [-0.2, 0) is 19.1 Å². The van der Waals surface area contributed by atoms with Crippen LogP contribution in [0.2, 0.25) is 5.02 Å². The summed E-state index contributed by atoms with van der Waals surface area (Å²) in [7, 11) is 1.52. The minimum absolute atomic E-state index is 0.101. The predicted octanol–water partition coefficient (Wildman–Crippen LogP) is 4.30. The third kappa shape index (κ3) is 6.99. The number of carbonyl (C=O) groups excluding carboxylic acids is 3. The van der Waals surface area contributed by atoms with Crippen molar-refractivity contribution in [2.75, 3.05) is 38.8 Å². The number of allylic oxidation sites excluding steroid dienone is 1. The zero-order valence-corrected chi connectivity index (χ0v) is 21.3. The molecule has 2 aromatic carbocycles. The summed E-state index contributed by atoms with van der Waals surface area (Å²) >= 11 is 5.85. The van der Waals surface area contributed by atoms with E-state index in [9.17, 15) is 14.4 Å². The number of nitrogens with one attached hydrogen (secondary N) is 2. The number of hydrogen-bond acceptors (Lipinski definition) is 6. The van der Waals surface area contributed by atoms with Gasteiger partial charge in [0.1, 0.15) is 12.4 Å². The van der Waals surface area contributed by atoms with E-state index in [0.717, 1.165) is 6.42 Å². The fourth-order valence-corrected chi connectivity index (χ4v) is 3.85. The minimum atomic E-state index is -0.696. The molecule has 9 nitrogen and oxygen atoms in total. The second-order valence-corrected chi connectivity index (χ2v) is 8.51. The number of carbonyl (C=O) groups is 3. The van der Waals surface area contributed by atoms with Gasteiger partial charge in [-0.3, -0.25) is 9.69 Å². The van der Waals surface area contributed by atoms with E-state index in [-0.39, 0.29) is 31.8 Å². The molecule has 1 unspecified atom stereocenters. The molecule has 0 aromatic heterocycles. The molecule has 1 heterocycles. The topological polar surface area (TPSA) is 106 Å². The van der Waals surface area contributed by atoms with Crippen LogP contribution in [0.3, 0.4) is 0 Å². The quantitative estimate of drug-likeness (QED) is 0.341. The molecule has 1 aliphatic rings. The number of hydrogen-bond donors (Lipinski definition) is 2. The van der Waals surface area contributed by atoms with Crippen LogP contribution >= 0.6 is 11.6 Å². The molecule has 36 heavy (non-hydrogen) atoms. The number of esters is 1. The second-order valence-electron chi connectivity index (χ2n) is 8.07. The first kappa shape index (κ1) is 27.0. The maximum absolute atomic E-state index is 13.0. The Labute approximate surface area is 215 Å². The molecule has 0 aliphatic carbocycles. The number of ether oxygens (including phenoxy) is 3. The molecule has 3 rings (SSSR count). The normalized spacial score (nSPS) is 15.4. The Kier molecular flexibility index (Phi) is 9.72. The molecule has 192 valence electrons. The van der Waals surface area contributed by atoms with Gasteiger partial charge in [-0.25, -0.2) is 9.59 Å². The largest absolute Gasteiger partial charge is 0.484 e. The van der Waals surface area contributed by atoms with Gasteiger partial charge in [0.05, 0.1) is 18.2 Å². The number of benzene rings is 2. The average Bonchev–Trinajstić information content (AvgIpc) is 2.86. The fourth-order valence-electron chi connectivity index (χ4n) is 3.72. The summed E-state index contributed by atoms with van der Waals surface area (Å²) in [4.78, 5) is 39.5. The maximum atomic E-state index is 13.0. The highest BCUT2D eigenvalue weighted by atomic mass is 35.5.